The third-order valence-electron chi connectivity index (χ3n) is 5.05. The van der Waals surface area contributed by atoms with Crippen molar-refractivity contribution in [3.05, 3.63) is 55.7 Å². The van der Waals surface area contributed by atoms with E-state index in [9.17, 15) is 9.59 Å². The first-order valence-electron chi connectivity index (χ1n) is 8.76. The van der Waals surface area contributed by atoms with Crippen LogP contribution in [0.4, 0.5) is 4.79 Å². The Morgan fingerprint density at radius 1 is 1.23 bits per heavy atom. The lowest BCUT2D eigenvalue weighted by Crippen LogP contribution is -2.45. The van der Waals surface area contributed by atoms with E-state index < -0.39 is 0 Å². The van der Waals surface area contributed by atoms with Crippen molar-refractivity contribution in [2.45, 2.75) is 31.8 Å². The Balaban J connectivity index is 1.28. The number of nitrogens with one attached hydrogen (secondary N) is 2. The standard InChI is InChI=1S/C19H20BrN3O2S/c20-14-2-3-15-12(9-14)1-4-16(15)22-19(25)21-10-18(24)23-7-5-17-13(11-23)6-8-26-17/h2-3,6,8-9,16H,1,4-5,7,10-11H2,(H2,21,22,25). The van der Waals surface area contributed by atoms with Gasteiger partial charge in [0, 0.05) is 22.4 Å². The van der Waals surface area contributed by atoms with Gasteiger partial charge in [-0.2, -0.15) is 0 Å². The monoisotopic (exact) mass is 433 g/mol. The van der Waals surface area contributed by atoms with E-state index in [0.29, 0.717) is 6.54 Å². The first kappa shape index (κ1) is 17.5. The van der Waals surface area contributed by atoms with Gasteiger partial charge < -0.3 is 15.5 Å². The molecule has 1 aromatic carbocycles. The highest BCUT2D eigenvalue weighted by Crippen LogP contribution is 2.32. The third-order valence-corrected chi connectivity index (χ3v) is 6.56. The van der Waals surface area contributed by atoms with E-state index >= 15 is 0 Å². The second-order valence-corrected chi connectivity index (χ2v) is 8.61. The topological polar surface area (TPSA) is 61.4 Å². The molecular formula is C19H20BrN3O2S. The zero-order valence-corrected chi connectivity index (χ0v) is 16.7. The van der Waals surface area contributed by atoms with Crippen LogP contribution in [0.5, 0.6) is 0 Å². The Morgan fingerprint density at radius 3 is 3.00 bits per heavy atom. The number of rotatable bonds is 3. The zero-order valence-electron chi connectivity index (χ0n) is 14.3. The molecule has 1 unspecified atom stereocenters. The maximum Gasteiger partial charge on any atom is 0.315 e. The number of benzene rings is 1. The minimum absolute atomic E-state index is 0.0107. The molecule has 2 aromatic rings. The number of nitrogens with zero attached hydrogens (tertiary/aromatic N) is 1. The Kier molecular flexibility index (Phi) is 5.00. The van der Waals surface area contributed by atoms with Crippen molar-refractivity contribution in [1.82, 2.24) is 15.5 Å². The van der Waals surface area contributed by atoms with Crippen LogP contribution >= 0.6 is 27.3 Å². The summed E-state index contributed by atoms with van der Waals surface area (Å²) in [4.78, 5) is 27.8. The molecule has 1 aromatic heterocycles. The summed E-state index contributed by atoms with van der Waals surface area (Å²) < 4.78 is 1.06. The second-order valence-electron chi connectivity index (χ2n) is 6.70. The number of urea groups is 1. The summed E-state index contributed by atoms with van der Waals surface area (Å²) in [7, 11) is 0. The van der Waals surface area contributed by atoms with E-state index in [1.165, 1.54) is 16.0 Å². The van der Waals surface area contributed by atoms with E-state index in [-0.39, 0.29) is 24.5 Å². The fraction of sp³-hybridized carbons (Fsp3) is 0.368. The lowest BCUT2D eigenvalue weighted by molar-refractivity contribution is -0.130. The summed E-state index contributed by atoms with van der Waals surface area (Å²) in [5.74, 6) is -0.0345. The van der Waals surface area contributed by atoms with E-state index in [0.717, 1.165) is 35.8 Å². The second kappa shape index (κ2) is 7.40. The maximum absolute atomic E-state index is 12.4. The average Bonchev–Trinajstić information content (AvgIpc) is 3.25. The summed E-state index contributed by atoms with van der Waals surface area (Å²) in [5.41, 5.74) is 3.66. The Labute approximate surface area is 164 Å². The number of fused-ring (bicyclic) bond motifs is 2. The van der Waals surface area contributed by atoms with Gasteiger partial charge in [0.05, 0.1) is 12.6 Å². The molecule has 26 heavy (non-hydrogen) atoms. The largest absolute Gasteiger partial charge is 0.336 e. The molecule has 3 amide bonds. The average molecular weight is 434 g/mol. The van der Waals surface area contributed by atoms with Crippen molar-refractivity contribution >= 4 is 39.2 Å². The van der Waals surface area contributed by atoms with Crippen molar-refractivity contribution in [3.63, 3.8) is 0 Å². The molecule has 1 aliphatic carbocycles. The Bertz CT molecular complexity index is 851. The number of carbonyl (C=O) groups is 2. The molecule has 0 fully saturated rings. The first-order chi connectivity index (χ1) is 12.6. The molecule has 7 heteroatoms. The summed E-state index contributed by atoms with van der Waals surface area (Å²) in [6.45, 7) is 1.40. The van der Waals surface area contributed by atoms with E-state index in [1.54, 1.807) is 11.3 Å². The van der Waals surface area contributed by atoms with Crippen LogP contribution in [-0.4, -0.2) is 29.9 Å². The molecule has 0 spiro atoms. The molecule has 5 nitrogen and oxygen atoms in total. The van der Waals surface area contributed by atoms with Crippen LogP contribution in [-0.2, 0) is 24.2 Å². The number of carbonyl (C=O) groups excluding carboxylic acids is 2. The molecule has 4 rings (SSSR count). The van der Waals surface area contributed by atoms with Gasteiger partial charge in [-0.1, -0.05) is 22.0 Å². The van der Waals surface area contributed by atoms with Crippen LogP contribution in [0.2, 0.25) is 0 Å². The van der Waals surface area contributed by atoms with Crippen molar-refractivity contribution in [2.24, 2.45) is 0 Å². The number of hydrogen-bond donors (Lipinski definition) is 2. The SMILES string of the molecule is O=C(NCC(=O)N1CCc2sccc2C1)NC1CCc2cc(Br)ccc21. The van der Waals surface area contributed by atoms with Gasteiger partial charge in [0.15, 0.2) is 0 Å². The van der Waals surface area contributed by atoms with Crippen molar-refractivity contribution in [1.29, 1.82) is 0 Å². The van der Waals surface area contributed by atoms with Gasteiger partial charge in [-0.15, -0.1) is 11.3 Å². The van der Waals surface area contributed by atoms with Gasteiger partial charge in [0.1, 0.15) is 0 Å². The summed E-state index contributed by atoms with van der Waals surface area (Å²) in [5, 5.41) is 7.78. The predicted molar refractivity (Wildman–Crippen MR) is 105 cm³/mol. The number of thiophene rings is 1. The Hall–Kier alpha value is -1.86. The molecule has 0 bridgehead atoms. The molecule has 0 saturated carbocycles. The number of aryl methyl sites for hydroxylation is 1. The van der Waals surface area contributed by atoms with E-state index in [1.807, 2.05) is 11.0 Å². The van der Waals surface area contributed by atoms with Crippen LogP contribution < -0.4 is 10.6 Å². The van der Waals surface area contributed by atoms with Gasteiger partial charge in [-0.25, -0.2) is 4.79 Å². The van der Waals surface area contributed by atoms with Crippen molar-refractivity contribution in [2.75, 3.05) is 13.1 Å². The number of halogens is 1. The van der Waals surface area contributed by atoms with E-state index in [2.05, 4.69) is 50.1 Å². The molecule has 1 atom stereocenters. The summed E-state index contributed by atoms with van der Waals surface area (Å²) in [6, 6.07) is 7.95. The van der Waals surface area contributed by atoms with Crippen LogP contribution in [0.15, 0.2) is 34.1 Å². The number of amides is 3. The lowest BCUT2D eigenvalue weighted by atomic mass is 10.1. The fourth-order valence-corrected chi connectivity index (χ4v) is 4.97. The molecule has 2 aliphatic rings. The molecule has 0 saturated heterocycles. The van der Waals surface area contributed by atoms with E-state index in [4.69, 9.17) is 0 Å². The minimum Gasteiger partial charge on any atom is -0.336 e. The normalized spacial score (nSPS) is 18.2. The summed E-state index contributed by atoms with van der Waals surface area (Å²) >= 11 is 5.23. The molecule has 1 aliphatic heterocycles. The van der Waals surface area contributed by atoms with Gasteiger partial charge in [-0.05, 0) is 59.5 Å². The van der Waals surface area contributed by atoms with Gasteiger partial charge in [0.2, 0.25) is 5.91 Å². The van der Waals surface area contributed by atoms with Gasteiger partial charge in [-0.3, -0.25) is 4.79 Å². The summed E-state index contributed by atoms with van der Waals surface area (Å²) in [6.07, 6.45) is 2.75. The fourth-order valence-electron chi connectivity index (χ4n) is 3.67. The smallest absolute Gasteiger partial charge is 0.315 e. The number of hydrogen-bond acceptors (Lipinski definition) is 3. The highest BCUT2D eigenvalue weighted by Gasteiger charge is 2.25. The quantitative estimate of drug-likeness (QED) is 0.778. The highest BCUT2D eigenvalue weighted by molar-refractivity contribution is 9.10. The first-order valence-corrected chi connectivity index (χ1v) is 10.4. The van der Waals surface area contributed by atoms with Crippen LogP contribution in [0, 0.1) is 0 Å². The molecule has 136 valence electrons. The van der Waals surface area contributed by atoms with Gasteiger partial charge >= 0.3 is 6.03 Å². The maximum atomic E-state index is 12.4. The predicted octanol–water partition coefficient (Wildman–Crippen LogP) is 3.38. The molecule has 2 N–H and O–H groups in total. The Morgan fingerprint density at radius 2 is 2.12 bits per heavy atom. The van der Waals surface area contributed by atoms with Crippen LogP contribution in [0.25, 0.3) is 0 Å². The molecular weight excluding hydrogens is 414 g/mol. The van der Waals surface area contributed by atoms with Crippen molar-refractivity contribution < 1.29 is 9.59 Å². The lowest BCUT2D eigenvalue weighted by Gasteiger charge is -2.27. The third kappa shape index (κ3) is 3.64. The minimum atomic E-state index is -0.285. The zero-order chi connectivity index (χ0) is 18.1. The van der Waals surface area contributed by atoms with Crippen LogP contribution in [0.1, 0.15) is 34.0 Å². The van der Waals surface area contributed by atoms with Crippen LogP contribution in [0.3, 0.4) is 0 Å². The molecule has 0 radical (unpaired) electrons. The molecule has 2 heterocycles. The highest BCUT2D eigenvalue weighted by atomic mass is 79.9. The van der Waals surface area contributed by atoms with Gasteiger partial charge in [0.25, 0.3) is 0 Å². The van der Waals surface area contributed by atoms with Crippen molar-refractivity contribution in [3.8, 4) is 0 Å².